The van der Waals surface area contributed by atoms with Crippen molar-refractivity contribution in [1.82, 2.24) is 5.32 Å². The van der Waals surface area contributed by atoms with E-state index in [1.54, 1.807) is 6.92 Å². The van der Waals surface area contributed by atoms with Gasteiger partial charge in [-0.15, -0.1) is 0 Å². The third-order valence-electron chi connectivity index (χ3n) is 3.98. The Kier molecular flexibility index (Phi) is 4.37. The van der Waals surface area contributed by atoms with Crippen molar-refractivity contribution >= 4 is 0 Å². The molecular formula is C15H19F4N. The van der Waals surface area contributed by atoms with Crippen molar-refractivity contribution in [2.75, 3.05) is 13.1 Å². The molecule has 1 N–H and O–H groups in total. The van der Waals surface area contributed by atoms with Crippen molar-refractivity contribution in [3.05, 3.63) is 35.4 Å². The van der Waals surface area contributed by atoms with Gasteiger partial charge in [0, 0.05) is 18.9 Å². The van der Waals surface area contributed by atoms with E-state index in [0.717, 1.165) is 31.5 Å². The van der Waals surface area contributed by atoms with Gasteiger partial charge in [0.15, 0.2) is 0 Å². The molecule has 1 aromatic carbocycles. The Morgan fingerprint density at radius 2 is 1.80 bits per heavy atom. The Morgan fingerprint density at radius 1 is 1.15 bits per heavy atom. The number of piperidine rings is 1. The molecule has 1 nitrogen and oxygen atoms in total. The van der Waals surface area contributed by atoms with Gasteiger partial charge < -0.3 is 5.32 Å². The molecule has 1 heterocycles. The SMILES string of the molecule is CC(F)(Cc1ccc(C(F)(F)F)cc1)C1CCCNC1. The van der Waals surface area contributed by atoms with Gasteiger partial charge in [0.2, 0.25) is 0 Å². The summed E-state index contributed by atoms with van der Waals surface area (Å²) in [6.45, 7) is 3.09. The lowest BCUT2D eigenvalue weighted by Gasteiger charge is -2.34. The lowest BCUT2D eigenvalue weighted by Crippen LogP contribution is -2.42. The minimum atomic E-state index is -4.34. The summed E-state index contributed by atoms with van der Waals surface area (Å²) in [6.07, 6.45) is -2.43. The second-order valence-electron chi connectivity index (χ2n) is 5.69. The Balaban J connectivity index is 2.05. The number of hydrogen-bond donors (Lipinski definition) is 1. The number of halogens is 4. The molecule has 5 heteroatoms. The van der Waals surface area contributed by atoms with Crippen LogP contribution in [0.4, 0.5) is 17.6 Å². The first-order valence-corrected chi connectivity index (χ1v) is 6.85. The predicted octanol–water partition coefficient (Wildman–Crippen LogP) is 3.98. The quantitative estimate of drug-likeness (QED) is 0.830. The first-order chi connectivity index (χ1) is 9.29. The fourth-order valence-electron chi connectivity index (χ4n) is 2.72. The summed E-state index contributed by atoms with van der Waals surface area (Å²) in [5, 5.41) is 3.17. The van der Waals surface area contributed by atoms with Crippen LogP contribution in [-0.2, 0) is 12.6 Å². The van der Waals surface area contributed by atoms with E-state index in [-0.39, 0.29) is 12.3 Å². The lowest BCUT2D eigenvalue weighted by atomic mass is 9.81. The molecule has 1 saturated heterocycles. The second-order valence-corrected chi connectivity index (χ2v) is 5.69. The maximum absolute atomic E-state index is 14.7. The molecule has 0 amide bonds. The van der Waals surface area contributed by atoms with Crippen LogP contribution in [0.1, 0.15) is 30.9 Å². The van der Waals surface area contributed by atoms with E-state index in [2.05, 4.69) is 5.32 Å². The maximum Gasteiger partial charge on any atom is 0.416 e. The van der Waals surface area contributed by atoms with Gasteiger partial charge in [-0.1, -0.05) is 12.1 Å². The zero-order chi connectivity index (χ0) is 14.8. The zero-order valence-corrected chi connectivity index (χ0v) is 11.4. The topological polar surface area (TPSA) is 12.0 Å². The first-order valence-electron chi connectivity index (χ1n) is 6.85. The fourth-order valence-corrected chi connectivity index (χ4v) is 2.72. The zero-order valence-electron chi connectivity index (χ0n) is 11.4. The summed E-state index contributed by atoms with van der Waals surface area (Å²) < 4.78 is 52.1. The fraction of sp³-hybridized carbons (Fsp3) is 0.600. The van der Waals surface area contributed by atoms with E-state index in [9.17, 15) is 17.6 Å². The van der Waals surface area contributed by atoms with E-state index in [1.807, 2.05) is 0 Å². The number of hydrogen-bond acceptors (Lipinski definition) is 1. The molecule has 0 radical (unpaired) electrons. The highest BCUT2D eigenvalue weighted by Crippen LogP contribution is 2.33. The Morgan fingerprint density at radius 3 is 2.30 bits per heavy atom. The summed E-state index contributed by atoms with van der Waals surface area (Å²) in [7, 11) is 0. The van der Waals surface area contributed by atoms with E-state index in [1.165, 1.54) is 12.1 Å². The average Bonchev–Trinajstić information content (AvgIpc) is 2.39. The average molecular weight is 289 g/mol. The van der Waals surface area contributed by atoms with E-state index in [4.69, 9.17) is 0 Å². The molecule has 2 rings (SSSR count). The number of alkyl halides is 4. The summed E-state index contributed by atoms with van der Waals surface area (Å²) >= 11 is 0. The smallest absolute Gasteiger partial charge is 0.316 e. The Labute approximate surface area is 116 Å². The van der Waals surface area contributed by atoms with Crippen LogP contribution in [-0.4, -0.2) is 18.8 Å². The molecule has 0 spiro atoms. The van der Waals surface area contributed by atoms with E-state index in [0.29, 0.717) is 12.1 Å². The third-order valence-corrected chi connectivity index (χ3v) is 3.98. The maximum atomic E-state index is 14.7. The molecule has 1 aliphatic heterocycles. The molecule has 20 heavy (non-hydrogen) atoms. The Hall–Kier alpha value is -1.10. The van der Waals surface area contributed by atoms with Crippen molar-refractivity contribution in [1.29, 1.82) is 0 Å². The first kappa shape index (κ1) is 15.3. The van der Waals surface area contributed by atoms with Crippen molar-refractivity contribution in [3.8, 4) is 0 Å². The van der Waals surface area contributed by atoms with Crippen LogP contribution in [0.3, 0.4) is 0 Å². The largest absolute Gasteiger partial charge is 0.416 e. The summed E-state index contributed by atoms with van der Waals surface area (Å²) in [6, 6.07) is 4.78. The van der Waals surface area contributed by atoms with Crippen LogP contribution in [0, 0.1) is 5.92 Å². The van der Waals surface area contributed by atoms with Crippen molar-refractivity contribution in [2.45, 2.75) is 38.0 Å². The van der Waals surface area contributed by atoms with Gasteiger partial charge in [0.1, 0.15) is 5.67 Å². The van der Waals surface area contributed by atoms with Crippen LogP contribution < -0.4 is 5.32 Å². The van der Waals surface area contributed by atoms with Crippen LogP contribution in [0.25, 0.3) is 0 Å². The number of rotatable bonds is 3. The van der Waals surface area contributed by atoms with E-state index >= 15 is 0 Å². The predicted molar refractivity (Wildman–Crippen MR) is 70.3 cm³/mol. The highest BCUT2D eigenvalue weighted by atomic mass is 19.4. The van der Waals surface area contributed by atoms with Gasteiger partial charge in [-0.2, -0.15) is 13.2 Å². The van der Waals surface area contributed by atoms with Crippen molar-refractivity contribution in [2.24, 2.45) is 5.92 Å². The van der Waals surface area contributed by atoms with Crippen molar-refractivity contribution < 1.29 is 17.6 Å². The molecule has 1 aromatic rings. The Bertz CT molecular complexity index is 430. The van der Waals surface area contributed by atoms with Gasteiger partial charge >= 0.3 is 6.18 Å². The summed E-state index contributed by atoms with van der Waals surface area (Å²) in [5.74, 6) is -0.0847. The van der Waals surface area contributed by atoms with Crippen LogP contribution in [0.5, 0.6) is 0 Å². The summed E-state index contributed by atoms with van der Waals surface area (Å²) in [4.78, 5) is 0. The van der Waals surface area contributed by atoms with Gasteiger partial charge in [-0.3, -0.25) is 0 Å². The normalized spacial score (nSPS) is 23.4. The highest BCUT2D eigenvalue weighted by Gasteiger charge is 2.35. The van der Waals surface area contributed by atoms with Crippen molar-refractivity contribution in [3.63, 3.8) is 0 Å². The van der Waals surface area contributed by atoms with Crippen LogP contribution >= 0.6 is 0 Å². The molecule has 1 fully saturated rings. The summed E-state index contributed by atoms with van der Waals surface area (Å²) in [5.41, 5.74) is -1.48. The molecule has 0 saturated carbocycles. The van der Waals surface area contributed by atoms with Gasteiger partial charge in [0.05, 0.1) is 5.56 Å². The highest BCUT2D eigenvalue weighted by molar-refractivity contribution is 5.25. The molecule has 0 bridgehead atoms. The van der Waals surface area contributed by atoms with Crippen LogP contribution in [0.2, 0.25) is 0 Å². The lowest BCUT2D eigenvalue weighted by molar-refractivity contribution is -0.137. The number of benzene rings is 1. The molecule has 1 aliphatic rings. The number of nitrogens with one attached hydrogen (secondary N) is 1. The third kappa shape index (κ3) is 3.72. The molecule has 0 aliphatic carbocycles. The standard InChI is InChI=1S/C15H19F4N/c1-14(16,13-3-2-8-20-10-13)9-11-4-6-12(7-5-11)15(17,18)19/h4-7,13,20H,2-3,8-10H2,1H3. The van der Waals surface area contributed by atoms with Crippen LogP contribution in [0.15, 0.2) is 24.3 Å². The monoisotopic (exact) mass is 289 g/mol. The van der Waals surface area contributed by atoms with E-state index < -0.39 is 17.4 Å². The van der Waals surface area contributed by atoms with Gasteiger partial charge in [-0.05, 0) is 44.0 Å². The minimum absolute atomic E-state index is 0.0847. The second kappa shape index (κ2) is 5.72. The minimum Gasteiger partial charge on any atom is -0.316 e. The molecule has 112 valence electrons. The molecule has 2 unspecified atom stereocenters. The molecular weight excluding hydrogens is 270 g/mol. The molecule has 2 atom stereocenters. The molecule has 0 aromatic heterocycles. The van der Waals surface area contributed by atoms with Gasteiger partial charge in [-0.25, -0.2) is 4.39 Å². The van der Waals surface area contributed by atoms with Gasteiger partial charge in [0.25, 0.3) is 0 Å².